The van der Waals surface area contributed by atoms with Crippen molar-refractivity contribution in [2.45, 2.75) is 52.1 Å². The topological polar surface area (TPSA) is 75.9 Å². The Morgan fingerprint density at radius 3 is 2.59 bits per heavy atom. The van der Waals surface area contributed by atoms with Crippen molar-refractivity contribution in [3.05, 3.63) is 78.6 Å². The van der Waals surface area contributed by atoms with Gasteiger partial charge in [-0.15, -0.1) is 10.2 Å². The molecule has 8 nitrogen and oxygen atoms in total. The molecule has 1 saturated heterocycles. The number of hydrogen-bond donors (Lipinski definition) is 0. The number of rotatable bonds is 8. The molecule has 6 rings (SSSR count). The summed E-state index contributed by atoms with van der Waals surface area (Å²) in [6, 6.07) is 23.4. The summed E-state index contributed by atoms with van der Waals surface area (Å²) >= 11 is 0. The number of fused-ring (bicyclic) bond motifs is 3. The first kappa shape index (κ1) is 26.7. The lowest BCUT2D eigenvalue weighted by molar-refractivity contribution is -0.130. The first-order valence-electron chi connectivity index (χ1n) is 14.5. The SMILES string of the molecule is CCCCc1ccc2c(N(C)c3cccc(-c4ccc(OC5CCN(C(C)=O)CC5)cc4)c3)nc3nncn3c2c1. The van der Waals surface area contributed by atoms with Gasteiger partial charge in [-0.3, -0.25) is 9.20 Å². The van der Waals surface area contributed by atoms with E-state index in [1.165, 1.54) is 5.56 Å². The Morgan fingerprint density at radius 2 is 1.83 bits per heavy atom. The summed E-state index contributed by atoms with van der Waals surface area (Å²) in [6.45, 7) is 5.36. The minimum atomic E-state index is 0.139. The number of carbonyl (C=O) groups is 1. The van der Waals surface area contributed by atoms with Crippen molar-refractivity contribution in [2.75, 3.05) is 25.0 Å². The van der Waals surface area contributed by atoms with Gasteiger partial charge >= 0.3 is 0 Å². The number of aryl methyl sites for hydroxylation is 1. The number of anilines is 2. The zero-order chi connectivity index (χ0) is 28.3. The van der Waals surface area contributed by atoms with Crippen molar-refractivity contribution >= 4 is 34.1 Å². The maximum atomic E-state index is 11.6. The van der Waals surface area contributed by atoms with Crippen LogP contribution in [0.15, 0.2) is 73.1 Å². The second-order valence-electron chi connectivity index (χ2n) is 10.8. The van der Waals surface area contributed by atoms with Gasteiger partial charge in [-0.1, -0.05) is 43.7 Å². The number of amides is 1. The number of unbranched alkanes of at least 4 members (excludes halogenated alkanes) is 1. The lowest BCUT2D eigenvalue weighted by Crippen LogP contribution is -2.40. The summed E-state index contributed by atoms with van der Waals surface area (Å²) in [7, 11) is 2.05. The van der Waals surface area contributed by atoms with Crippen molar-refractivity contribution in [1.82, 2.24) is 24.5 Å². The van der Waals surface area contributed by atoms with E-state index in [2.05, 4.69) is 76.6 Å². The molecule has 0 N–H and O–H groups in total. The Bertz CT molecular complexity index is 1670. The van der Waals surface area contributed by atoms with Crippen LogP contribution in [0.25, 0.3) is 27.8 Å². The third kappa shape index (κ3) is 5.59. The van der Waals surface area contributed by atoms with Crippen LogP contribution in [0.2, 0.25) is 0 Å². The maximum Gasteiger partial charge on any atom is 0.257 e. The molecule has 3 heterocycles. The summed E-state index contributed by atoms with van der Waals surface area (Å²) < 4.78 is 8.19. The van der Waals surface area contributed by atoms with Crippen LogP contribution in [-0.4, -0.2) is 56.6 Å². The largest absolute Gasteiger partial charge is 0.490 e. The molecular weight excluding hydrogens is 512 g/mol. The number of piperidine rings is 1. The van der Waals surface area contributed by atoms with Gasteiger partial charge in [0.25, 0.3) is 5.78 Å². The van der Waals surface area contributed by atoms with Gasteiger partial charge in [-0.05, 0) is 65.9 Å². The molecule has 1 aliphatic heterocycles. The summed E-state index contributed by atoms with van der Waals surface area (Å²) in [5.41, 5.74) is 5.64. The highest BCUT2D eigenvalue weighted by molar-refractivity contribution is 5.94. The zero-order valence-corrected chi connectivity index (χ0v) is 24.0. The third-order valence-electron chi connectivity index (χ3n) is 8.05. The smallest absolute Gasteiger partial charge is 0.257 e. The summed E-state index contributed by atoms with van der Waals surface area (Å²) in [5, 5.41) is 9.46. The molecule has 0 saturated carbocycles. The predicted octanol–water partition coefficient (Wildman–Crippen LogP) is 6.44. The van der Waals surface area contributed by atoms with E-state index < -0.39 is 0 Å². The van der Waals surface area contributed by atoms with Gasteiger partial charge in [0.2, 0.25) is 5.91 Å². The van der Waals surface area contributed by atoms with Gasteiger partial charge in [0.05, 0.1) is 5.52 Å². The molecule has 0 unspecified atom stereocenters. The van der Waals surface area contributed by atoms with Crippen molar-refractivity contribution in [3.63, 3.8) is 0 Å². The van der Waals surface area contributed by atoms with Crippen molar-refractivity contribution in [3.8, 4) is 16.9 Å². The number of benzene rings is 3. The fourth-order valence-electron chi connectivity index (χ4n) is 5.61. The van der Waals surface area contributed by atoms with Crippen LogP contribution < -0.4 is 9.64 Å². The molecule has 0 radical (unpaired) electrons. The molecule has 1 aliphatic rings. The molecule has 0 spiro atoms. The molecule has 41 heavy (non-hydrogen) atoms. The summed E-state index contributed by atoms with van der Waals surface area (Å²) in [4.78, 5) is 20.5. The Morgan fingerprint density at radius 1 is 1.02 bits per heavy atom. The normalized spacial score (nSPS) is 14.1. The maximum absolute atomic E-state index is 11.6. The van der Waals surface area contributed by atoms with Crippen LogP contribution in [0.4, 0.5) is 11.5 Å². The number of carbonyl (C=O) groups excluding carboxylic acids is 1. The lowest BCUT2D eigenvalue weighted by atomic mass is 10.0. The van der Waals surface area contributed by atoms with E-state index in [-0.39, 0.29) is 12.0 Å². The van der Waals surface area contributed by atoms with Crippen LogP contribution in [0, 0.1) is 0 Å². The molecule has 1 fully saturated rings. The Kier molecular flexibility index (Phi) is 7.55. The van der Waals surface area contributed by atoms with Crippen molar-refractivity contribution in [1.29, 1.82) is 0 Å². The summed E-state index contributed by atoms with van der Waals surface area (Å²) in [6.07, 6.45) is 6.97. The van der Waals surface area contributed by atoms with Gasteiger partial charge in [0, 0.05) is 51.0 Å². The summed E-state index contributed by atoms with van der Waals surface area (Å²) in [5.74, 6) is 2.43. The number of hydrogen-bond acceptors (Lipinski definition) is 6. The Hall–Kier alpha value is -4.46. The van der Waals surface area contributed by atoms with E-state index in [1.54, 1.807) is 13.3 Å². The monoisotopic (exact) mass is 548 g/mol. The molecule has 1 amide bonds. The molecule has 0 bridgehead atoms. The van der Waals surface area contributed by atoms with Crippen molar-refractivity contribution < 1.29 is 9.53 Å². The van der Waals surface area contributed by atoms with Crippen LogP contribution in [-0.2, 0) is 11.2 Å². The van der Waals surface area contributed by atoms with Gasteiger partial charge < -0.3 is 14.5 Å². The molecule has 5 aromatic rings. The number of likely N-dealkylation sites (tertiary alicyclic amines) is 1. The second-order valence-corrected chi connectivity index (χ2v) is 10.8. The second kappa shape index (κ2) is 11.6. The molecular formula is C33H36N6O2. The van der Waals surface area contributed by atoms with E-state index in [4.69, 9.17) is 9.72 Å². The number of nitrogens with zero attached hydrogens (tertiary/aromatic N) is 6. The third-order valence-corrected chi connectivity index (χ3v) is 8.05. The van der Waals surface area contributed by atoms with Gasteiger partial charge in [0.1, 0.15) is 24.0 Å². The molecule has 0 aliphatic carbocycles. The highest BCUT2D eigenvalue weighted by atomic mass is 16.5. The van der Waals surface area contributed by atoms with E-state index in [0.29, 0.717) is 5.78 Å². The zero-order valence-electron chi connectivity index (χ0n) is 24.0. The average molecular weight is 549 g/mol. The van der Waals surface area contributed by atoms with Gasteiger partial charge in [-0.2, -0.15) is 4.98 Å². The highest BCUT2D eigenvalue weighted by Crippen LogP contribution is 2.33. The minimum absolute atomic E-state index is 0.139. The minimum Gasteiger partial charge on any atom is -0.490 e. The standard InChI is InChI=1S/C33H36N6O2/c1-4-5-7-24-10-15-30-31(20-24)39-22-34-36-33(39)35-32(30)37(3)27-9-6-8-26(21-27)25-11-13-28(14-12-25)41-29-16-18-38(19-17-29)23(2)40/h6,8-15,20-22,29H,4-5,7,16-19H2,1-3H3. The number of aromatic nitrogens is 4. The fourth-order valence-corrected chi connectivity index (χ4v) is 5.61. The van der Waals surface area contributed by atoms with Crippen LogP contribution in [0.5, 0.6) is 5.75 Å². The molecule has 0 atom stereocenters. The first-order chi connectivity index (χ1) is 20.0. The van der Waals surface area contributed by atoms with E-state index in [1.807, 2.05) is 28.5 Å². The quantitative estimate of drug-likeness (QED) is 0.222. The van der Waals surface area contributed by atoms with Crippen LogP contribution >= 0.6 is 0 Å². The Labute approximate surface area is 240 Å². The molecule has 8 heteroatoms. The van der Waals surface area contributed by atoms with Gasteiger partial charge in [-0.25, -0.2) is 0 Å². The molecule has 210 valence electrons. The highest BCUT2D eigenvalue weighted by Gasteiger charge is 2.22. The molecule has 2 aromatic heterocycles. The Balaban J connectivity index is 1.23. The van der Waals surface area contributed by atoms with E-state index in [0.717, 1.165) is 84.5 Å². The average Bonchev–Trinajstić information content (AvgIpc) is 3.49. The predicted molar refractivity (Wildman–Crippen MR) is 163 cm³/mol. The van der Waals surface area contributed by atoms with E-state index in [9.17, 15) is 4.79 Å². The first-order valence-corrected chi connectivity index (χ1v) is 14.5. The fraction of sp³-hybridized carbons (Fsp3) is 0.333. The van der Waals surface area contributed by atoms with Crippen LogP contribution in [0.3, 0.4) is 0 Å². The molecule has 3 aromatic carbocycles. The van der Waals surface area contributed by atoms with Crippen LogP contribution in [0.1, 0.15) is 45.1 Å². The van der Waals surface area contributed by atoms with Gasteiger partial charge in [0.15, 0.2) is 0 Å². The van der Waals surface area contributed by atoms with E-state index >= 15 is 0 Å². The van der Waals surface area contributed by atoms with Crippen molar-refractivity contribution in [2.24, 2.45) is 0 Å². The lowest BCUT2D eigenvalue weighted by Gasteiger charge is -2.31. The number of ether oxygens (including phenoxy) is 1.